The molecule has 1 unspecified atom stereocenters. The molecule has 0 aromatic heterocycles. The average Bonchev–Trinajstić information content (AvgIpc) is 2.94. The lowest BCUT2D eigenvalue weighted by atomic mass is 10.0. The van der Waals surface area contributed by atoms with Crippen molar-refractivity contribution in [3.63, 3.8) is 0 Å². The van der Waals surface area contributed by atoms with Gasteiger partial charge in [-0.25, -0.2) is 0 Å². The summed E-state index contributed by atoms with van der Waals surface area (Å²) in [6.45, 7) is 6.03. The van der Waals surface area contributed by atoms with Gasteiger partial charge in [-0.2, -0.15) is 0 Å². The average molecular weight is 372 g/mol. The van der Waals surface area contributed by atoms with Crippen LogP contribution >= 0.6 is 0 Å². The quantitative estimate of drug-likeness (QED) is 0.617. The summed E-state index contributed by atoms with van der Waals surface area (Å²) in [5.74, 6) is -0.220. The van der Waals surface area contributed by atoms with Gasteiger partial charge in [-0.1, -0.05) is 26.0 Å². The fourth-order valence-corrected chi connectivity index (χ4v) is 3.83. The zero-order valence-corrected chi connectivity index (χ0v) is 16.0. The Morgan fingerprint density at radius 1 is 1.30 bits per heavy atom. The molecule has 7 heteroatoms. The SMILES string of the molecule is CC(C)C[C@@H](CN)NCc1ccc2c(c1)CN(C1CCC(=O)NC1=O)C2=O. The first-order valence-electron chi connectivity index (χ1n) is 9.59. The van der Waals surface area contributed by atoms with Gasteiger partial charge in [0.15, 0.2) is 0 Å². The smallest absolute Gasteiger partial charge is 0.255 e. The molecule has 4 N–H and O–H groups in total. The van der Waals surface area contributed by atoms with Crippen molar-refractivity contribution in [3.05, 3.63) is 34.9 Å². The Morgan fingerprint density at radius 3 is 2.74 bits per heavy atom. The summed E-state index contributed by atoms with van der Waals surface area (Å²) < 4.78 is 0. The molecular formula is C20H28N4O3. The number of benzene rings is 1. The van der Waals surface area contributed by atoms with Crippen LogP contribution in [0.5, 0.6) is 0 Å². The van der Waals surface area contributed by atoms with E-state index in [-0.39, 0.29) is 30.2 Å². The minimum atomic E-state index is -0.572. The maximum absolute atomic E-state index is 12.7. The second-order valence-corrected chi connectivity index (χ2v) is 7.83. The molecular weight excluding hydrogens is 344 g/mol. The molecule has 0 aliphatic carbocycles. The fourth-order valence-electron chi connectivity index (χ4n) is 3.83. The molecule has 2 aliphatic rings. The molecule has 3 rings (SSSR count). The second kappa shape index (κ2) is 8.19. The molecule has 7 nitrogen and oxygen atoms in total. The lowest BCUT2D eigenvalue weighted by Crippen LogP contribution is -2.52. The van der Waals surface area contributed by atoms with E-state index in [1.54, 1.807) is 4.90 Å². The predicted octanol–water partition coefficient (Wildman–Crippen LogP) is 0.911. The van der Waals surface area contributed by atoms with E-state index in [1.165, 1.54) is 0 Å². The Kier molecular flexibility index (Phi) is 5.92. The lowest BCUT2D eigenvalue weighted by molar-refractivity contribution is -0.136. The van der Waals surface area contributed by atoms with Gasteiger partial charge in [0, 0.05) is 37.7 Å². The van der Waals surface area contributed by atoms with Crippen molar-refractivity contribution in [1.82, 2.24) is 15.5 Å². The molecule has 0 saturated carbocycles. The Hall–Kier alpha value is -2.25. The maximum atomic E-state index is 12.7. The number of rotatable bonds is 7. The highest BCUT2D eigenvalue weighted by Gasteiger charge is 2.39. The molecule has 0 spiro atoms. The Morgan fingerprint density at radius 2 is 2.07 bits per heavy atom. The minimum absolute atomic E-state index is 0.140. The molecule has 1 fully saturated rings. The van der Waals surface area contributed by atoms with E-state index in [2.05, 4.69) is 24.5 Å². The summed E-state index contributed by atoms with van der Waals surface area (Å²) in [7, 11) is 0. The zero-order chi connectivity index (χ0) is 19.6. The Labute approximate surface area is 159 Å². The summed E-state index contributed by atoms with van der Waals surface area (Å²) in [6, 6.07) is 5.49. The van der Waals surface area contributed by atoms with Gasteiger partial charge in [-0.3, -0.25) is 19.7 Å². The third kappa shape index (κ3) is 4.36. The highest BCUT2D eigenvalue weighted by atomic mass is 16.2. The highest BCUT2D eigenvalue weighted by Crippen LogP contribution is 2.28. The van der Waals surface area contributed by atoms with E-state index in [9.17, 15) is 14.4 Å². The molecule has 1 saturated heterocycles. The first-order chi connectivity index (χ1) is 12.9. The van der Waals surface area contributed by atoms with Crippen LogP contribution in [0.4, 0.5) is 0 Å². The largest absolute Gasteiger partial charge is 0.329 e. The maximum Gasteiger partial charge on any atom is 0.255 e. The number of nitrogens with two attached hydrogens (primary N) is 1. The van der Waals surface area contributed by atoms with Gasteiger partial charge in [0.1, 0.15) is 6.04 Å². The van der Waals surface area contributed by atoms with Crippen molar-refractivity contribution in [3.8, 4) is 0 Å². The number of amides is 3. The van der Waals surface area contributed by atoms with E-state index < -0.39 is 6.04 Å². The van der Waals surface area contributed by atoms with E-state index in [1.807, 2.05) is 18.2 Å². The number of fused-ring (bicyclic) bond motifs is 1. The van der Waals surface area contributed by atoms with E-state index >= 15 is 0 Å². The van der Waals surface area contributed by atoms with Gasteiger partial charge in [0.25, 0.3) is 5.91 Å². The van der Waals surface area contributed by atoms with Crippen molar-refractivity contribution in [1.29, 1.82) is 0 Å². The topological polar surface area (TPSA) is 105 Å². The molecule has 3 amide bonds. The monoisotopic (exact) mass is 372 g/mol. The number of nitrogens with one attached hydrogen (secondary N) is 2. The minimum Gasteiger partial charge on any atom is -0.329 e. The van der Waals surface area contributed by atoms with Crippen molar-refractivity contribution in [2.45, 2.75) is 58.3 Å². The normalized spacial score (nSPS) is 20.8. The van der Waals surface area contributed by atoms with Gasteiger partial charge in [0.2, 0.25) is 11.8 Å². The molecule has 27 heavy (non-hydrogen) atoms. The van der Waals surface area contributed by atoms with Crippen molar-refractivity contribution >= 4 is 17.7 Å². The Balaban J connectivity index is 1.67. The summed E-state index contributed by atoms with van der Waals surface area (Å²) in [5, 5.41) is 5.81. The molecule has 1 aromatic rings. The summed E-state index contributed by atoms with van der Waals surface area (Å²) in [4.78, 5) is 37.7. The highest BCUT2D eigenvalue weighted by molar-refractivity contribution is 6.05. The van der Waals surface area contributed by atoms with Gasteiger partial charge >= 0.3 is 0 Å². The molecule has 1 aromatic carbocycles. The van der Waals surface area contributed by atoms with Crippen LogP contribution in [0.3, 0.4) is 0 Å². The number of hydrogen-bond donors (Lipinski definition) is 3. The van der Waals surface area contributed by atoms with Crippen LogP contribution in [0.1, 0.15) is 54.6 Å². The van der Waals surface area contributed by atoms with Crippen LogP contribution in [0, 0.1) is 5.92 Å². The number of carbonyl (C=O) groups excluding carboxylic acids is 3. The van der Waals surface area contributed by atoms with Gasteiger partial charge in [-0.15, -0.1) is 0 Å². The number of imide groups is 1. The van der Waals surface area contributed by atoms with Crippen LogP contribution in [0.15, 0.2) is 18.2 Å². The second-order valence-electron chi connectivity index (χ2n) is 7.83. The first kappa shape index (κ1) is 19.5. The van der Waals surface area contributed by atoms with Crippen molar-refractivity contribution < 1.29 is 14.4 Å². The molecule has 0 radical (unpaired) electrons. The number of hydrogen-bond acceptors (Lipinski definition) is 5. The third-order valence-electron chi connectivity index (χ3n) is 5.22. The van der Waals surface area contributed by atoms with Gasteiger partial charge in [-0.05, 0) is 36.0 Å². The van der Waals surface area contributed by atoms with Crippen LogP contribution in [0.2, 0.25) is 0 Å². The van der Waals surface area contributed by atoms with E-state index in [0.717, 1.165) is 17.5 Å². The van der Waals surface area contributed by atoms with Gasteiger partial charge in [0.05, 0.1) is 0 Å². The van der Waals surface area contributed by atoms with E-state index in [0.29, 0.717) is 37.5 Å². The molecule has 2 aliphatic heterocycles. The summed E-state index contributed by atoms with van der Waals surface area (Å²) in [6.07, 6.45) is 1.66. The fraction of sp³-hybridized carbons (Fsp3) is 0.550. The molecule has 2 atom stereocenters. The Bertz CT molecular complexity index is 747. The molecule has 2 heterocycles. The zero-order valence-electron chi connectivity index (χ0n) is 16.0. The van der Waals surface area contributed by atoms with Crippen molar-refractivity contribution in [2.75, 3.05) is 6.54 Å². The predicted molar refractivity (Wildman–Crippen MR) is 102 cm³/mol. The number of piperidine rings is 1. The first-order valence-corrected chi connectivity index (χ1v) is 9.59. The molecule has 146 valence electrons. The third-order valence-corrected chi connectivity index (χ3v) is 5.22. The number of nitrogens with zero attached hydrogens (tertiary/aromatic N) is 1. The van der Waals surface area contributed by atoms with Crippen LogP contribution in [0.25, 0.3) is 0 Å². The van der Waals surface area contributed by atoms with E-state index in [4.69, 9.17) is 5.73 Å². The summed E-state index contributed by atoms with van der Waals surface area (Å²) in [5.41, 5.74) is 8.50. The van der Waals surface area contributed by atoms with Crippen LogP contribution in [-0.4, -0.2) is 41.2 Å². The molecule has 0 bridgehead atoms. The van der Waals surface area contributed by atoms with Gasteiger partial charge < -0.3 is 16.0 Å². The van der Waals surface area contributed by atoms with Crippen LogP contribution < -0.4 is 16.4 Å². The lowest BCUT2D eigenvalue weighted by Gasteiger charge is -2.29. The summed E-state index contributed by atoms with van der Waals surface area (Å²) >= 11 is 0. The number of carbonyl (C=O) groups is 3. The standard InChI is InChI=1S/C20H28N4O3/c1-12(2)7-15(9-21)22-10-13-3-4-16-14(8-13)11-24(20(16)27)17-5-6-18(25)23-19(17)26/h3-4,8,12,15,17,22H,5-7,9-11,21H2,1-2H3,(H,23,25,26)/t15-,17?/m0/s1. The van der Waals surface area contributed by atoms with Crippen LogP contribution in [-0.2, 0) is 22.7 Å². The van der Waals surface area contributed by atoms with Crippen molar-refractivity contribution in [2.24, 2.45) is 11.7 Å².